The van der Waals surface area contributed by atoms with Gasteiger partial charge >= 0.3 is 0 Å². The second-order valence-corrected chi connectivity index (χ2v) is 5.11. The van der Waals surface area contributed by atoms with Crippen molar-refractivity contribution in [1.82, 2.24) is 5.32 Å². The Morgan fingerprint density at radius 2 is 1.95 bits per heavy atom. The fraction of sp³-hybridized carbons (Fsp3) is 0.278. The number of nitrogens with one attached hydrogen (secondary N) is 1. The smallest absolute Gasteiger partial charge is 0.251 e. The van der Waals surface area contributed by atoms with Gasteiger partial charge in [0.2, 0.25) is 0 Å². The highest BCUT2D eigenvalue weighted by atomic mass is 16.5. The maximum atomic E-state index is 12.1. The van der Waals surface area contributed by atoms with Gasteiger partial charge in [0.1, 0.15) is 18.1 Å². The van der Waals surface area contributed by atoms with Gasteiger partial charge in [-0.3, -0.25) is 4.79 Å². The molecule has 0 saturated heterocycles. The number of aryl methyl sites for hydroxylation is 2. The van der Waals surface area contributed by atoms with E-state index in [0.29, 0.717) is 18.7 Å². The van der Waals surface area contributed by atoms with Crippen molar-refractivity contribution >= 4 is 5.91 Å². The summed E-state index contributed by atoms with van der Waals surface area (Å²) in [6, 6.07) is 13.2. The average molecular weight is 299 g/mol. The van der Waals surface area contributed by atoms with E-state index in [2.05, 4.69) is 5.32 Å². The zero-order valence-electron chi connectivity index (χ0n) is 13.2. The van der Waals surface area contributed by atoms with Crippen molar-refractivity contribution in [3.63, 3.8) is 0 Å². The van der Waals surface area contributed by atoms with Crippen LogP contribution in [0.1, 0.15) is 21.5 Å². The van der Waals surface area contributed by atoms with E-state index in [1.165, 1.54) is 0 Å². The van der Waals surface area contributed by atoms with Crippen LogP contribution >= 0.6 is 0 Å². The Morgan fingerprint density at radius 1 is 1.14 bits per heavy atom. The molecule has 0 saturated carbocycles. The van der Waals surface area contributed by atoms with Gasteiger partial charge in [0.25, 0.3) is 5.91 Å². The molecule has 22 heavy (non-hydrogen) atoms. The molecule has 1 N–H and O–H groups in total. The Balaban J connectivity index is 1.81. The fourth-order valence-electron chi connectivity index (χ4n) is 2.16. The fourth-order valence-corrected chi connectivity index (χ4v) is 2.16. The summed E-state index contributed by atoms with van der Waals surface area (Å²) in [4.78, 5) is 12.1. The number of carbonyl (C=O) groups excluding carboxylic acids is 1. The number of amides is 1. The van der Waals surface area contributed by atoms with Crippen LogP contribution in [0.3, 0.4) is 0 Å². The van der Waals surface area contributed by atoms with Crippen molar-refractivity contribution in [3.8, 4) is 11.5 Å². The van der Waals surface area contributed by atoms with Gasteiger partial charge in [-0.25, -0.2) is 0 Å². The molecule has 2 aromatic rings. The third-order valence-corrected chi connectivity index (χ3v) is 3.30. The molecule has 0 aliphatic rings. The Labute approximate surface area is 131 Å². The largest absolute Gasteiger partial charge is 0.496 e. The van der Waals surface area contributed by atoms with Crippen molar-refractivity contribution in [1.29, 1.82) is 0 Å². The van der Waals surface area contributed by atoms with Crippen molar-refractivity contribution in [2.75, 3.05) is 20.3 Å². The lowest BCUT2D eigenvalue weighted by molar-refractivity contribution is 0.0947. The van der Waals surface area contributed by atoms with Crippen molar-refractivity contribution in [3.05, 3.63) is 59.2 Å². The predicted molar refractivity (Wildman–Crippen MR) is 86.7 cm³/mol. The molecule has 0 aromatic heterocycles. The lowest BCUT2D eigenvalue weighted by Crippen LogP contribution is -2.28. The van der Waals surface area contributed by atoms with E-state index in [1.54, 1.807) is 19.2 Å². The number of ether oxygens (including phenoxy) is 2. The lowest BCUT2D eigenvalue weighted by Gasteiger charge is -2.10. The molecule has 2 aromatic carbocycles. The minimum Gasteiger partial charge on any atom is -0.496 e. The molecule has 2 rings (SSSR count). The molecule has 0 unspecified atom stereocenters. The first kappa shape index (κ1) is 15.9. The molecule has 0 aliphatic carbocycles. The topological polar surface area (TPSA) is 47.6 Å². The number of rotatable bonds is 6. The molecule has 0 heterocycles. The minimum atomic E-state index is -0.112. The summed E-state index contributed by atoms with van der Waals surface area (Å²) in [5, 5.41) is 2.84. The maximum Gasteiger partial charge on any atom is 0.251 e. The van der Waals surface area contributed by atoms with E-state index in [-0.39, 0.29) is 5.91 Å². The van der Waals surface area contributed by atoms with Crippen LogP contribution in [0.4, 0.5) is 0 Å². The average Bonchev–Trinajstić information content (AvgIpc) is 2.51. The Morgan fingerprint density at radius 3 is 2.64 bits per heavy atom. The van der Waals surface area contributed by atoms with Gasteiger partial charge in [0.05, 0.1) is 13.7 Å². The van der Waals surface area contributed by atoms with Crippen LogP contribution in [0, 0.1) is 13.8 Å². The van der Waals surface area contributed by atoms with E-state index in [9.17, 15) is 4.79 Å². The zero-order valence-corrected chi connectivity index (χ0v) is 13.2. The van der Waals surface area contributed by atoms with Crippen molar-refractivity contribution in [2.45, 2.75) is 13.8 Å². The first-order valence-electron chi connectivity index (χ1n) is 7.22. The van der Waals surface area contributed by atoms with Gasteiger partial charge in [-0.05, 0) is 55.3 Å². The first-order chi connectivity index (χ1) is 10.6. The minimum absolute atomic E-state index is 0.112. The van der Waals surface area contributed by atoms with Crippen LogP contribution < -0.4 is 14.8 Å². The van der Waals surface area contributed by atoms with Crippen LogP contribution in [0.15, 0.2) is 42.5 Å². The number of carbonyl (C=O) groups is 1. The molecule has 0 bridgehead atoms. The highest BCUT2D eigenvalue weighted by molar-refractivity contribution is 5.94. The van der Waals surface area contributed by atoms with Crippen LogP contribution in [0.5, 0.6) is 11.5 Å². The molecule has 4 nitrogen and oxygen atoms in total. The summed E-state index contributed by atoms with van der Waals surface area (Å²) in [7, 11) is 1.62. The number of benzene rings is 2. The Hall–Kier alpha value is -2.49. The van der Waals surface area contributed by atoms with Gasteiger partial charge in [-0.2, -0.15) is 0 Å². The highest BCUT2D eigenvalue weighted by Crippen LogP contribution is 2.18. The van der Waals surface area contributed by atoms with E-state index < -0.39 is 0 Å². The van der Waals surface area contributed by atoms with Crippen molar-refractivity contribution < 1.29 is 14.3 Å². The summed E-state index contributed by atoms with van der Waals surface area (Å²) in [6.45, 7) is 4.82. The highest BCUT2D eigenvalue weighted by Gasteiger charge is 2.07. The monoisotopic (exact) mass is 299 g/mol. The van der Waals surface area contributed by atoms with Gasteiger partial charge in [0, 0.05) is 5.56 Å². The number of hydrogen-bond acceptors (Lipinski definition) is 3. The molecular formula is C18H21NO3. The Bertz CT molecular complexity index is 653. The maximum absolute atomic E-state index is 12.1. The predicted octanol–water partition coefficient (Wildman–Crippen LogP) is 3.12. The van der Waals surface area contributed by atoms with E-state index in [1.807, 2.05) is 44.2 Å². The van der Waals surface area contributed by atoms with Crippen LogP contribution in [0.25, 0.3) is 0 Å². The quantitative estimate of drug-likeness (QED) is 0.834. The van der Waals surface area contributed by atoms with Gasteiger partial charge in [-0.1, -0.05) is 12.1 Å². The standard InChI is InChI=1S/C18H21NO3/c1-13-5-4-6-16(11-13)22-10-9-19-18(20)15-7-8-17(21-3)14(2)12-15/h4-8,11-12H,9-10H2,1-3H3,(H,19,20). The zero-order chi connectivity index (χ0) is 15.9. The van der Waals surface area contributed by atoms with E-state index in [0.717, 1.165) is 22.6 Å². The van der Waals surface area contributed by atoms with Crippen LogP contribution in [-0.4, -0.2) is 26.2 Å². The van der Waals surface area contributed by atoms with Crippen LogP contribution in [0.2, 0.25) is 0 Å². The molecule has 4 heteroatoms. The lowest BCUT2D eigenvalue weighted by atomic mass is 10.1. The SMILES string of the molecule is COc1ccc(C(=O)NCCOc2cccc(C)c2)cc1C. The third kappa shape index (κ3) is 4.25. The molecule has 0 fully saturated rings. The summed E-state index contributed by atoms with van der Waals surface area (Å²) < 4.78 is 10.8. The first-order valence-corrected chi connectivity index (χ1v) is 7.22. The Kier molecular flexibility index (Phi) is 5.42. The van der Waals surface area contributed by atoms with Gasteiger partial charge < -0.3 is 14.8 Å². The molecule has 0 aliphatic heterocycles. The van der Waals surface area contributed by atoms with Crippen molar-refractivity contribution in [2.24, 2.45) is 0 Å². The second-order valence-electron chi connectivity index (χ2n) is 5.11. The molecule has 116 valence electrons. The normalized spacial score (nSPS) is 10.1. The molecule has 0 spiro atoms. The summed E-state index contributed by atoms with van der Waals surface area (Å²) in [5.74, 6) is 1.48. The molecule has 1 amide bonds. The summed E-state index contributed by atoms with van der Waals surface area (Å²) in [5.41, 5.74) is 2.70. The van der Waals surface area contributed by atoms with Gasteiger partial charge in [-0.15, -0.1) is 0 Å². The second kappa shape index (κ2) is 7.50. The summed E-state index contributed by atoms with van der Waals surface area (Å²) >= 11 is 0. The molecular weight excluding hydrogens is 278 g/mol. The van der Waals surface area contributed by atoms with E-state index in [4.69, 9.17) is 9.47 Å². The summed E-state index contributed by atoms with van der Waals surface area (Å²) in [6.07, 6.45) is 0. The third-order valence-electron chi connectivity index (χ3n) is 3.30. The van der Waals surface area contributed by atoms with E-state index >= 15 is 0 Å². The number of methoxy groups -OCH3 is 1. The molecule has 0 radical (unpaired) electrons. The molecule has 0 atom stereocenters. The van der Waals surface area contributed by atoms with Gasteiger partial charge in [0.15, 0.2) is 0 Å². The van der Waals surface area contributed by atoms with Crippen LogP contribution in [-0.2, 0) is 0 Å². The number of hydrogen-bond donors (Lipinski definition) is 1.